The fourth-order valence-corrected chi connectivity index (χ4v) is 1.80. The minimum atomic E-state index is -0.396. The lowest BCUT2D eigenvalue weighted by molar-refractivity contribution is 0.0954. The fraction of sp³-hybridized carbons (Fsp3) is 0.125. The zero-order valence-corrected chi connectivity index (χ0v) is 12.2. The Kier molecular flexibility index (Phi) is 4.98. The molecule has 2 aromatic carbocycles. The molecule has 2 N–H and O–H groups in total. The number of nitrogens with one attached hydrogen (secondary N) is 1. The molecule has 6 heteroatoms. The van der Waals surface area contributed by atoms with Gasteiger partial charge in [0, 0.05) is 11.1 Å². The summed E-state index contributed by atoms with van der Waals surface area (Å²) in [4.78, 5) is 12.0. The highest BCUT2D eigenvalue weighted by molar-refractivity contribution is 5.95. The van der Waals surface area contributed by atoms with E-state index in [0.717, 1.165) is 0 Å². The third-order valence-electron chi connectivity index (χ3n) is 2.95. The van der Waals surface area contributed by atoms with Crippen molar-refractivity contribution < 1.29 is 19.4 Å². The summed E-state index contributed by atoms with van der Waals surface area (Å²) in [6.45, 7) is 0. The van der Waals surface area contributed by atoms with Crippen LogP contribution in [0.4, 0.5) is 0 Å². The highest BCUT2D eigenvalue weighted by Gasteiger charge is 2.09. The summed E-state index contributed by atoms with van der Waals surface area (Å²) in [5, 5.41) is 13.4. The van der Waals surface area contributed by atoms with Crippen molar-refractivity contribution in [1.82, 2.24) is 5.43 Å². The molecule has 22 heavy (non-hydrogen) atoms. The smallest absolute Gasteiger partial charge is 0.271 e. The van der Waals surface area contributed by atoms with Crippen LogP contribution in [0.2, 0.25) is 0 Å². The molecule has 0 aliphatic heterocycles. The maximum atomic E-state index is 12.0. The number of ether oxygens (including phenoxy) is 2. The van der Waals surface area contributed by atoms with Crippen LogP contribution < -0.4 is 14.9 Å². The van der Waals surface area contributed by atoms with E-state index in [2.05, 4.69) is 10.5 Å². The summed E-state index contributed by atoms with van der Waals surface area (Å²) in [5.41, 5.74) is 3.28. The van der Waals surface area contributed by atoms with Crippen molar-refractivity contribution in [2.24, 2.45) is 5.10 Å². The highest BCUT2D eigenvalue weighted by atomic mass is 16.5. The summed E-state index contributed by atoms with van der Waals surface area (Å²) < 4.78 is 10.2. The first kappa shape index (κ1) is 15.4. The van der Waals surface area contributed by atoms with Crippen molar-refractivity contribution in [2.75, 3.05) is 14.2 Å². The van der Waals surface area contributed by atoms with E-state index in [1.807, 2.05) is 0 Å². The van der Waals surface area contributed by atoms with Gasteiger partial charge in [-0.25, -0.2) is 5.43 Å². The third-order valence-corrected chi connectivity index (χ3v) is 2.95. The van der Waals surface area contributed by atoms with Gasteiger partial charge in [0.2, 0.25) is 0 Å². The van der Waals surface area contributed by atoms with Crippen LogP contribution in [0.1, 0.15) is 15.9 Å². The van der Waals surface area contributed by atoms with Crippen molar-refractivity contribution >= 4 is 12.1 Å². The molecule has 0 heterocycles. The number of hydrogen-bond donors (Lipinski definition) is 2. The molecular formula is C16H16N2O4. The Labute approximate surface area is 128 Å². The number of hydrazone groups is 1. The lowest BCUT2D eigenvalue weighted by Crippen LogP contribution is -2.17. The normalized spacial score (nSPS) is 10.5. The van der Waals surface area contributed by atoms with Crippen LogP contribution >= 0.6 is 0 Å². The van der Waals surface area contributed by atoms with Crippen LogP contribution in [-0.2, 0) is 0 Å². The maximum Gasteiger partial charge on any atom is 0.271 e. The maximum absolute atomic E-state index is 12.0. The summed E-state index contributed by atoms with van der Waals surface area (Å²) >= 11 is 0. The molecule has 1 amide bonds. The van der Waals surface area contributed by atoms with Gasteiger partial charge in [0.1, 0.15) is 5.75 Å². The van der Waals surface area contributed by atoms with Crippen molar-refractivity contribution in [3.05, 3.63) is 53.6 Å². The highest BCUT2D eigenvalue weighted by Crippen LogP contribution is 2.27. The molecule has 0 unspecified atom stereocenters. The second-order valence-corrected chi connectivity index (χ2v) is 4.33. The van der Waals surface area contributed by atoms with Crippen molar-refractivity contribution in [2.45, 2.75) is 0 Å². The number of methoxy groups -OCH3 is 2. The molecule has 0 radical (unpaired) electrons. The quantitative estimate of drug-likeness (QED) is 0.655. The first-order chi connectivity index (χ1) is 10.7. The molecule has 0 aliphatic carbocycles. The molecule has 0 atom stereocenters. The van der Waals surface area contributed by atoms with Crippen molar-refractivity contribution in [3.63, 3.8) is 0 Å². The molecule has 0 saturated heterocycles. The number of nitrogens with zero attached hydrogens (tertiary/aromatic N) is 1. The second kappa shape index (κ2) is 7.12. The van der Waals surface area contributed by atoms with Crippen LogP contribution in [0.5, 0.6) is 17.2 Å². The van der Waals surface area contributed by atoms with Crippen LogP contribution in [0.25, 0.3) is 0 Å². The van der Waals surface area contributed by atoms with E-state index < -0.39 is 5.91 Å². The zero-order chi connectivity index (χ0) is 15.9. The number of carbonyl (C=O) groups excluding carboxylic acids is 1. The topological polar surface area (TPSA) is 80.2 Å². The molecule has 114 valence electrons. The van der Waals surface area contributed by atoms with Gasteiger partial charge in [-0.05, 0) is 30.3 Å². The number of hydrogen-bond acceptors (Lipinski definition) is 5. The molecule has 0 spiro atoms. The van der Waals surface area contributed by atoms with Crippen molar-refractivity contribution in [3.8, 4) is 17.2 Å². The Morgan fingerprint density at radius 3 is 2.55 bits per heavy atom. The van der Waals surface area contributed by atoms with E-state index in [9.17, 15) is 9.90 Å². The van der Waals surface area contributed by atoms with Crippen LogP contribution in [0.15, 0.2) is 47.6 Å². The Morgan fingerprint density at radius 1 is 1.14 bits per heavy atom. The Balaban J connectivity index is 2.08. The van der Waals surface area contributed by atoms with Gasteiger partial charge >= 0.3 is 0 Å². The van der Waals surface area contributed by atoms with E-state index in [1.165, 1.54) is 26.5 Å². The van der Waals surface area contributed by atoms with Gasteiger partial charge in [0.15, 0.2) is 11.5 Å². The van der Waals surface area contributed by atoms with Gasteiger partial charge < -0.3 is 14.6 Å². The molecule has 0 bridgehead atoms. The van der Waals surface area contributed by atoms with Gasteiger partial charge in [-0.2, -0.15) is 5.10 Å². The first-order valence-electron chi connectivity index (χ1n) is 6.49. The monoisotopic (exact) mass is 300 g/mol. The number of aromatic hydroxyl groups is 1. The number of benzene rings is 2. The second-order valence-electron chi connectivity index (χ2n) is 4.33. The molecule has 2 rings (SSSR count). The predicted octanol–water partition coefficient (Wildman–Crippen LogP) is 2.17. The SMILES string of the molecule is COc1ccc(C(=O)N/N=C\c2ccccc2O)cc1OC. The first-order valence-corrected chi connectivity index (χ1v) is 6.49. The van der Waals surface area contributed by atoms with Gasteiger partial charge in [0.25, 0.3) is 5.91 Å². The molecule has 6 nitrogen and oxygen atoms in total. The van der Waals surface area contributed by atoms with Gasteiger partial charge in [0.05, 0.1) is 20.4 Å². The van der Waals surface area contributed by atoms with E-state index in [4.69, 9.17) is 9.47 Å². The van der Waals surface area contributed by atoms with Crippen LogP contribution in [-0.4, -0.2) is 31.4 Å². The lowest BCUT2D eigenvalue weighted by Gasteiger charge is -2.08. The van der Waals surface area contributed by atoms with E-state index >= 15 is 0 Å². The Hall–Kier alpha value is -3.02. The van der Waals surface area contributed by atoms with Gasteiger partial charge in [-0.15, -0.1) is 0 Å². The number of carbonyl (C=O) groups is 1. The molecule has 0 saturated carbocycles. The number of rotatable bonds is 5. The summed E-state index contributed by atoms with van der Waals surface area (Å²) in [6.07, 6.45) is 1.37. The third kappa shape index (κ3) is 3.54. The van der Waals surface area contributed by atoms with Crippen LogP contribution in [0.3, 0.4) is 0 Å². The summed E-state index contributed by atoms with van der Waals surface area (Å²) in [5.74, 6) is 0.691. The van der Waals surface area contributed by atoms with Gasteiger partial charge in [-0.1, -0.05) is 12.1 Å². The van der Waals surface area contributed by atoms with Crippen LogP contribution in [0, 0.1) is 0 Å². The standard InChI is InChI=1S/C16H16N2O4/c1-21-14-8-7-11(9-15(14)22-2)16(20)18-17-10-12-5-3-4-6-13(12)19/h3-10,19H,1-2H3,(H,18,20)/b17-10-. The number of phenols is 1. The number of para-hydroxylation sites is 1. The average Bonchev–Trinajstić information content (AvgIpc) is 2.55. The largest absolute Gasteiger partial charge is 0.507 e. The minimum Gasteiger partial charge on any atom is -0.507 e. The molecule has 2 aromatic rings. The van der Waals surface area contributed by atoms with E-state index in [0.29, 0.717) is 22.6 Å². The Bertz CT molecular complexity index is 698. The predicted molar refractivity (Wildman–Crippen MR) is 82.7 cm³/mol. The average molecular weight is 300 g/mol. The lowest BCUT2D eigenvalue weighted by atomic mass is 10.2. The van der Waals surface area contributed by atoms with Gasteiger partial charge in [-0.3, -0.25) is 4.79 Å². The molecule has 0 fully saturated rings. The molecule has 0 aromatic heterocycles. The van der Waals surface area contributed by atoms with E-state index in [1.54, 1.807) is 36.4 Å². The molecular weight excluding hydrogens is 284 g/mol. The summed E-state index contributed by atoms with van der Waals surface area (Å²) in [7, 11) is 3.02. The fourth-order valence-electron chi connectivity index (χ4n) is 1.80. The van der Waals surface area contributed by atoms with Crippen molar-refractivity contribution in [1.29, 1.82) is 0 Å². The zero-order valence-electron chi connectivity index (χ0n) is 12.2. The Morgan fingerprint density at radius 2 is 1.86 bits per heavy atom. The number of phenolic OH excluding ortho intramolecular Hbond substituents is 1. The minimum absolute atomic E-state index is 0.0895. The number of amides is 1. The summed E-state index contributed by atoms with van der Waals surface area (Å²) in [6, 6.07) is 11.5. The van der Waals surface area contributed by atoms with E-state index in [-0.39, 0.29) is 5.75 Å². The molecule has 0 aliphatic rings.